The Bertz CT molecular complexity index is 1300. The molecular formula is C74H141NO5. The average Bonchev–Trinajstić information content (AvgIpc) is 3.46. The van der Waals surface area contributed by atoms with Gasteiger partial charge >= 0.3 is 5.97 Å². The number of amides is 1. The number of aliphatic hydroxyl groups is 2. The fourth-order valence-corrected chi connectivity index (χ4v) is 11.4. The minimum absolute atomic E-state index is 0.00928. The molecule has 472 valence electrons. The summed E-state index contributed by atoms with van der Waals surface area (Å²) in [4.78, 5) is 24.6. The molecule has 1 amide bonds. The minimum Gasteiger partial charge on any atom is -0.466 e. The van der Waals surface area contributed by atoms with Crippen LogP contribution < -0.4 is 5.32 Å². The number of allylic oxidation sites excluding steroid dienone is 6. The van der Waals surface area contributed by atoms with Gasteiger partial charge in [0, 0.05) is 12.8 Å². The maximum atomic E-state index is 12.5. The normalized spacial score (nSPS) is 12.7. The van der Waals surface area contributed by atoms with Crippen molar-refractivity contribution in [3.8, 4) is 0 Å². The molecule has 0 aliphatic rings. The Labute approximate surface area is 500 Å². The number of unbranched alkanes of at least 4 members (excludes halogenated alkanes) is 51. The smallest absolute Gasteiger partial charge is 0.305 e. The third-order valence-corrected chi connectivity index (χ3v) is 16.9. The van der Waals surface area contributed by atoms with Crippen molar-refractivity contribution >= 4 is 11.9 Å². The first-order valence-electron chi connectivity index (χ1n) is 36.2. The predicted molar refractivity (Wildman–Crippen MR) is 352 cm³/mol. The summed E-state index contributed by atoms with van der Waals surface area (Å²) in [5, 5.41) is 23.4. The zero-order valence-electron chi connectivity index (χ0n) is 54.1. The van der Waals surface area contributed by atoms with Crippen molar-refractivity contribution in [1.82, 2.24) is 5.32 Å². The van der Waals surface area contributed by atoms with E-state index in [-0.39, 0.29) is 18.5 Å². The maximum absolute atomic E-state index is 12.5. The molecule has 0 aromatic heterocycles. The Hall–Kier alpha value is -1.92. The van der Waals surface area contributed by atoms with Crippen LogP contribution in [-0.4, -0.2) is 47.4 Å². The lowest BCUT2D eigenvalue weighted by Crippen LogP contribution is -2.45. The number of carbonyl (C=O) groups excluding carboxylic acids is 2. The van der Waals surface area contributed by atoms with Gasteiger partial charge in [0.25, 0.3) is 0 Å². The second-order valence-corrected chi connectivity index (χ2v) is 24.9. The number of ether oxygens (including phenoxy) is 1. The topological polar surface area (TPSA) is 95.9 Å². The van der Waals surface area contributed by atoms with Crippen LogP contribution >= 0.6 is 0 Å². The molecule has 3 N–H and O–H groups in total. The van der Waals surface area contributed by atoms with Crippen molar-refractivity contribution in [2.24, 2.45) is 0 Å². The third-order valence-electron chi connectivity index (χ3n) is 16.9. The van der Waals surface area contributed by atoms with Crippen LogP contribution in [0.2, 0.25) is 0 Å². The Morgan fingerprint density at radius 1 is 0.350 bits per heavy atom. The third kappa shape index (κ3) is 65.2. The van der Waals surface area contributed by atoms with E-state index < -0.39 is 12.1 Å². The summed E-state index contributed by atoms with van der Waals surface area (Å²) in [6.07, 6.45) is 89.1. The van der Waals surface area contributed by atoms with Gasteiger partial charge in [0.1, 0.15) is 0 Å². The summed E-state index contributed by atoms with van der Waals surface area (Å²) in [5.74, 6) is -0.0283. The molecule has 6 heteroatoms. The SMILES string of the molecule is CCCCCCCC/C=C\CCCCCCCCCCCC(=O)OCCCCCCCCCCC/C=C\C/C=C\CCCCCCCCCCCC(=O)NC(CO)C(O)CCCCCCCCCCCCCCCCCCCCC. The summed E-state index contributed by atoms with van der Waals surface area (Å²) in [6.45, 7) is 4.98. The second-order valence-electron chi connectivity index (χ2n) is 24.9. The number of esters is 1. The van der Waals surface area contributed by atoms with Gasteiger partial charge in [-0.1, -0.05) is 339 Å². The molecule has 0 fully saturated rings. The molecule has 0 aromatic rings. The van der Waals surface area contributed by atoms with Crippen molar-refractivity contribution in [1.29, 1.82) is 0 Å². The van der Waals surface area contributed by atoms with Crippen molar-refractivity contribution in [3.63, 3.8) is 0 Å². The summed E-state index contributed by atoms with van der Waals surface area (Å²) in [7, 11) is 0. The zero-order valence-corrected chi connectivity index (χ0v) is 54.1. The van der Waals surface area contributed by atoms with Crippen LogP contribution in [-0.2, 0) is 14.3 Å². The molecule has 0 spiro atoms. The highest BCUT2D eigenvalue weighted by Gasteiger charge is 2.20. The van der Waals surface area contributed by atoms with E-state index in [1.165, 1.54) is 315 Å². The van der Waals surface area contributed by atoms with Crippen molar-refractivity contribution in [3.05, 3.63) is 36.5 Å². The van der Waals surface area contributed by atoms with Gasteiger partial charge < -0.3 is 20.3 Å². The number of hydrogen-bond donors (Lipinski definition) is 3. The van der Waals surface area contributed by atoms with Crippen molar-refractivity contribution < 1.29 is 24.5 Å². The summed E-state index contributed by atoms with van der Waals surface area (Å²) in [5.41, 5.74) is 0. The van der Waals surface area contributed by atoms with E-state index in [9.17, 15) is 19.8 Å². The van der Waals surface area contributed by atoms with Gasteiger partial charge in [0.15, 0.2) is 0 Å². The first-order chi connectivity index (χ1) is 39.5. The van der Waals surface area contributed by atoms with Crippen LogP contribution in [0, 0.1) is 0 Å². The average molecular weight is 1120 g/mol. The quantitative estimate of drug-likeness (QED) is 0.0320. The molecule has 0 saturated carbocycles. The fourth-order valence-electron chi connectivity index (χ4n) is 11.4. The molecule has 0 radical (unpaired) electrons. The summed E-state index contributed by atoms with van der Waals surface area (Å²) < 4.78 is 5.50. The van der Waals surface area contributed by atoms with Crippen LogP contribution in [0.5, 0.6) is 0 Å². The fraction of sp³-hybridized carbons (Fsp3) is 0.892. The van der Waals surface area contributed by atoms with E-state index in [0.717, 1.165) is 51.4 Å². The van der Waals surface area contributed by atoms with Gasteiger partial charge in [-0.25, -0.2) is 0 Å². The lowest BCUT2D eigenvalue weighted by Gasteiger charge is -2.22. The van der Waals surface area contributed by atoms with Crippen LogP contribution in [0.15, 0.2) is 36.5 Å². The molecule has 0 saturated heterocycles. The Balaban J connectivity index is 3.42. The maximum Gasteiger partial charge on any atom is 0.305 e. The molecule has 0 rings (SSSR count). The highest BCUT2D eigenvalue weighted by molar-refractivity contribution is 5.76. The van der Waals surface area contributed by atoms with Crippen molar-refractivity contribution in [2.75, 3.05) is 13.2 Å². The Morgan fingerprint density at radius 3 is 0.963 bits per heavy atom. The molecule has 2 atom stereocenters. The van der Waals surface area contributed by atoms with Gasteiger partial charge in [-0.05, 0) is 83.5 Å². The molecule has 0 aliphatic heterocycles. The van der Waals surface area contributed by atoms with Crippen LogP contribution in [0.25, 0.3) is 0 Å². The number of carbonyl (C=O) groups is 2. The molecule has 2 unspecified atom stereocenters. The second kappa shape index (κ2) is 69.6. The Kier molecular flexibility index (Phi) is 67.9. The van der Waals surface area contributed by atoms with E-state index in [1.54, 1.807) is 0 Å². The number of rotatable bonds is 68. The molecule has 0 heterocycles. The van der Waals surface area contributed by atoms with Crippen LogP contribution in [0.1, 0.15) is 399 Å². The molecule has 0 bridgehead atoms. The van der Waals surface area contributed by atoms with Gasteiger partial charge in [0.2, 0.25) is 5.91 Å². The van der Waals surface area contributed by atoms with E-state index in [2.05, 4.69) is 55.6 Å². The van der Waals surface area contributed by atoms with Gasteiger partial charge in [-0.3, -0.25) is 9.59 Å². The van der Waals surface area contributed by atoms with Crippen LogP contribution in [0.4, 0.5) is 0 Å². The van der Waals surface area contributed by atoms with Gasteiger partial charge in [-0.2, -0.15) is 0 Å². The predicted octanol–water partition coefficient (Wildman–Crippen LogP) is 23.5. The zero-order chi connectivity index (χ0) is 57.8. The summed E-state index contributed by atoms with van der Waals surface area (Å²) in [6, 6.07) is -0.547. The number of hydrogen-bond acceptors (Lipinski definition) is 5. The molecule has 0 aliphatic carbocycles. The van der Waals surface area contributed by atoms with E-state index in [4.69, 9.17) is 4.74 Å². The van der Waals surface area contributed by atoms with Crippen molar-refractivity contribution in [2.45, 2.75) is 411 Å². The molecule has 6 nitrogen and oxygen atoms in total. The van der Waals surface area contributed by atoms with E-state index in [0.29, 0.717) is 25.9 Å². The first-order valence-corrected chi connectivity index (χ1v) is 36.2. The standard InChI is InChI=1S/C74H141NO5/c1-3-5-7-9-11-13-15-17-19-21-30-34-38-42-46-50-54-58-62-66-72(77)71(70-76)75-73(78)67-63-59-55-51-47-43-39-35-32-28-26-24-23-25-27-29-33-37-41-45-49-53-57-61-65-69-80-74(79)68-64-60-56-52-48-44-40-36-31-22-20-18-16-14-12-10-8-6-4-2/h18,20,24-27,71-72,76-77H,3-17,19,21-23,28-70H2,1-2H3,(H,75,78)/b20-18-,26-24-,27-25-. The molecule has 80 heavy (non-hydrogen) atoms. The monoisotopic (exact) mass is 1120 g/mol. The van der Waals surface area contributed by atoms with Gasteiger partial charge in [-0.15, -0.1) is 0 Å². The lowest BCUT2D eigenvalue weighted by molar-refractivity contribution is -0.143. The Morgan fingerprint density at radius 2 is 0.625 bits per heavy atom. The summed E-state index contributed by atoms with van der Waals surface area (Å²) >= 11 is 0. The van der Waals surface area contributed by atoms with Crippen LogP contribution in [0.3, 0.4) is 0 Å². The lowest BCUT2D eigenvalue weighted by atomic mass is 10.0. The highest BCUT2D eigenvalue weighted by atomic mass is 16.5. The molecule has 0 aromatic carbocycles. The van der Waals surface area contributed by atoms with Gasteiger partial charge in [0.05, 0.1) is 25.4 Å². The first kappa shape index (κ1) is 78.1. The van der Waals surface area contributed by atoms with E-state index in [1.807, 2.05) is 0 Å². The number of aliphatic hydroxyl groups excluding tert-OH is 2. The van der Waals surface area contributed by atoms with E-state index >= 15 is 0 Å². The minimum atomic E-state index is -0.670. The number of nitrogens with one attached hydrogen (secondary N) is 1. The molecular weight excluding hydrogens is 983 g/mol. The largest absolute Gasteiger partial charge is 0.466 e. The highest BCUT2D eigenvalue weighted by Crippen LogP contribution is 2.19.